The molecule has 0 saturated heterocycles. The minimum absolute atomic E-state index is 0.190. The Hall–Kier alpha value is -2.58. The van der Waals surface area contributed by atoms with Gasteiger partial charge in [-0.2, -0.15) is 5.26 Å². The second-order valence-corrected chi connectivity index (χ2v) is 6.82. The van der Waals surface area contributed by atoms with Gasteiger partial charge in [-0.1, -0.05) is 18.2 Å². The van der Waals surface area contributed by atoms with Crippen molar-refractivity contribution in [3.63, 3.8) is 0 Å². The van der Waals surface area contributed by atoms with Gasteiger partial charge < -0.3 is 4.74 Å². The predicted molar refractivity (Wildman–Crippen MR) is 82.0 cm³/mol. The van der Waals surface area contributed by atoms with Crippen molar-refractivity contribution >= 4 is 15.4 Å². The number of benzene rings is 2. The van der Waals surface area contributed by atoms with E-state index in [0.29, 0.717) is 18.8 Å². The Morgan fingerprint density at radius 2 is 1.86 bits per heavy atom. The molecule has 5 heteroatoms. The van der Waals surface area contributed by atoms with Gasteiger partial charge in [0.25, 0.3) is 0 Å². The predicted octanol–water partition coefficient (Wildman–Crippen LogP) is 3.21. The molecule has 2 aromatic carbocycles. The van der Waals surface area contributed by atoms with Gasteiger partial charge in [0.2, 0.25) is 9.84 Å². The smallest absolute Gasteiger partial charge is 0.206 e. The number of sulfone groups is 1. The Morgan fingerprint density at radius 1 is 1.09 bits per heavy atom. The van der Waals surface area contributed by atoms with Crippen LogP contribution in [0.4, 0.5) is 0 Å². The maximum Gasteiger partial charge on any atom is 0.206 e. The summed E-state index contributed by atoms with van der Waals surface area (Å²) in [6.45, 7) is 0.440. The topological polar surface area (TPSA) is 67.2 Å². The van der Waals surface area contributed by atoms with Crippen LogP contribution in [0.5, 0.6) is 5.75 Å². The minimum atomic E-state index is -3.57. The number of rotatable bonds is 2. The summed E-state index contributed by atoms with van der Waals surface area (Å²) < 4.78 is 30.8. The molecule has 2 aromatic rings. The average Bonchev–Trinajstić information content (AvgIpc) is 2.56. The molecular weight excluding hydrogens is 298 g/mol. The van der Waals surface area contributed by atoms with Gasteiger partial charge in [-0.25, -0.2) is 8.42 Å². The van der Waals surface area contributed by atoms with Crippen LogP contribution in [0.2, 0.25) is 0 Å². The van der Waals surface area contributed by atoms with Gasteiger partial charge in [0, 0.05) is 18.1 Å². The lowest BCUT2D eigenvalue weighted by molar-refractivity contribution is 0.315. The summed E-state index contributed by atoms with van der Waals surface area (Å²) in [5, 5.41) is 8.81. The summed E-state index contributed by atoms with van der Waals surface area (Å²) in [7, 11) is -3.57. The number of nitrogens with zero attached hydrogens (tertiary/aromatic N) is 1. The molecule has 0 bridgehead atoms. The molecule has 0 fully saturated rings. The molecule has 0 aliphatic carbocycles. The zero-order valence-corrected chi connectivity index (χ0v) is 12.5. The monoisotopic (exact) mass is 311 g/mol. The van der Waals surface area contributed by atoms with Crippen LogP contribution >= 0.6 is 0 Å². The summed E-state index contributed by atoms with van der Waals surface area (Å²) >= 11 is 0. The van der Waals surface area contributed by atoms with E-state index in [1.54, 1.807) is 42.5 Å². The number of allylic oxidation sites excluding steroid dienone is 1. The van der Waals surface area contributed by atoms with Gasteiger partial charge in [0.15, 0.2) is 0 Å². The molecule has 0 radical (unpaired) electrons. The van der Waals surface area contributed by atoms with Crippen molar-refractivity contribution in [2.24, 2.45) is 0 Å². The van der Waals surface area contributed by atoms with Crippen molar-refractivity contribution in [2.45, 2.75) is 16.2 Å². The van der Waals surface area contributed by atoms with E-state index in [-0.39, 0.29) is 9.79 Å². The Morgan fingerprint density at radius 3 is 2.59 bits per heavy atom. The van der Waals surface area contributed by atoms with Crippen molar-refractivity contribution in [2.75, 3.05) is 6.61 Å². The Kier molecular flexibility index (Phi) is 3.70. The maximum absolute atomic E-state index is 12.6. The lowest BCUT2D eigenvalue weighted by Crippen LogP contribution is -2.09. The Bertz CT molecular complexity index is 878. The summed E-state index contributed by atoms with van der Waals surface area (Å²) in [6.07, 6.45) is 2.12. The van der Waals surface area contributed by atoms with Gasteiger partial charge >= 0.3 is 0 Å². The highest BCUT2D eigenvalue weighted by atomic mass is 32.2. The van der Waals surface area contributed by atoms with Gasteiger partial charge in [0.05, 0.1) is 22.5 Å². The van der Waals surface area contributed by atoms with Crippen molar-refractivity contribution in [1.29, 1.82) is 5.26 Å². The normalized spacial score (nSPS) is 15.7. The molecule has 0 N–H and O–H groups in total. The van der Waals surface area contributed by atoms with Crippen LogP contribution in [-0.4, -0.2) is 15.0 Å². The molecule has 0 atom stereocenters. The molecule has 0 spiro atoms. The molecule has 22 heavy (non-hydrogen) atoms. The molecule has 1 aliphatic heterocycles. The van der Waals surface area contributed by atoms with Crippen molar-refractivity contribution in [1.82, 2.24) is 0 Å². The van der Waals surface area contributed by atoms with Gasteiger partial charge in [0.1, 0.15) is 5.75 Å². The highest BCUT2D eigenvalue weighted by Gasteiger charge is 2.22. The zero-order valence-electron chi connectivity index (χ0n) is 11.7. The molecule has 3 rings (SSSR count). The van der Waals surface area contributed by atoms with Crippen molar-refractivity contribution in [3.05, 3.63) is 60.2 Å². The van der Waals surface area contributed by atoms with E-state index in [9.17, 15) is 8.42 Å². The van der Waals surface area contributed by atoms with Crippen LogP contribution in [0.1, 0.15) is 12.0 Å². The van der Waals surface area contributed by atoms with Crippen LogP contribution in [0, 0.1) is 11.3 Å². The second-order valence-electron chi connectivity index (χ2n) is 4.87. The molecule has 1 aliphatic rings. The molecular formula is C17H13NO3S. The summed E-state index contributed by atoms with van der Waals surface area (Å²) in [4.78, 5) is 0.439. The molecule has 1 heterocycles. The number of fused-ring (bicyclic) bond motifs is 1. The minimum Gasteiger partial charge on any atom is -0.493 e. The molecule has 0 amide bonds. The first-order valence-electron chi connectivity index (χ1n) is 6.79. The first kappa shape index (κ1) is 14.4. The number of nitriles is 1. The SMILES string of the molecule is N#C/C=C1\CCOc2cc(S(=O)(=O)c3ccccc3)ccc21. The first-order chi connectivity index (χ1) is 10.6. The van der Waals surface area contributed by atoms with E-state index in [1.165, 1.54) is 12.1 Å². The Labute approximate surface area is 129 Å². The van der Waals surface area contributed by atoms with Crippen LogP contribution in [0.25, 0.3) is 5.57 Å². The lowest BCUT2D eigenvalue weighted by atomic mass is 10.00. The van der Waals surface area contributed by atoms with E-state index in [4.69, 9.17) is 10.00 Å². The van der Waals surface area contributed by atoms with Crippen LogP contribution in [-0.2, 0) is 9.84 Å². The Balaban J connectivity index is 2.09. The van der Waals surface area contributed by atoms with Crippen LogP contribution < -0.4 is 4.74 Å². The van der Waals surface area contributed by atoms with Crippen LogP contribution in [0.15, 0.2) is 64.4 Å². The fourth-order valence-electron chi connectivity index (χ4n) is 2.42. The second kappa shape index (κ2) is 5.66. The fraction of sp³-hybridized carbons (Fsp3) is 0.118. The van der Waals surface area contributed by atoms with Crippen molar-refractivity contribution < 1.29 is 13.2 Å². The zero-order chi connectivity index (χ0) is 15.6. The molecule has 4 nitrogen and oxygen atoms in total. The van der Waals surface area contributed by atoms with E-state index in [0.717, 1.165) is 11.1 Å². The molecule has 0 saturated carbocycles. The van der Waals surface area contributed by atoms with Gasteiger partial charge in [-0.05, 0) is 35.9 Å². The first-order valence-corrected chi connectivity index (χ1v) is 8.27. The summed E-state index contributed by atoms with van der Waals surface area (Å²) in [5.74, 6) is 0.504. The maximum atomic E-state index is 12.6. The third-order valence-electron chi connectivity index (χ3n) is 3.53. The van der Waals surface area contributed by atoms with Crippen LogP contribution in [0.3, 0.4) is 0 Å². The third-order valence-corrected chi connectivity index (χ3v) is 5.30. The fourth-order valence-corrected chi connectivity index (χ4v) is 3.72. The molecule has 110 valence electrons. The number of hydrogen-bond acceptors (Lipinski definition) is 4. The molecule has 0 aromatic heterocycles. The third kappa shape index (κ3) is 2.49. The quantitative estimate of drug-likeness (QED) is 0.799. The summed E-state index contributed by atoms with van der Waals surface area (Å²) in [6, 6.07) is 15.1. The van der Waals surface area contributed by atoms with Crippen molar-refractivity contribution in [3.8, 4) is 11.8 Å². The average molecular weight is 311 g/mol. The standard InChI is InChI=1S/C17H13NO3S/c18-10-8-13-9-11-21-17-12-15(6-7-16(13)17)22(19,20)14-4-2-1-3-5-14/h1-8,12H,9,11H2/b13-8+. The largest absolute Gasteiger partial charge is 0.493 e. The number of ether oxygens (including phenoxy) is 1. The highest BCUT2D eigenvalue weighted by molar-refractivity contribution is 7.91. The van der Waals surface area contributed by atoms with E-state index >= 15 is 0 Å². The molecule has 0 unspecified atom stereocenters. The van der Waals surface area contributed by atoms with Gasteiger partial charge in [-0.3, -0.25) is 0 Å². The van der Waals surface area contributed by atoms with E-state index in [2.05, 4.69) is 0 Å². The highest BCUT2D eigenvalue weighted by Crippen LogP contribution is 2.35. The van der Waals surface area contributed by atoms with E-state index < -0.39 is 9.84 Å². The van der Waals surface area contributed by atoms with Gasteiger partial charge in [-0.15, -0.1) is 0 Å². The number of hydrogen-bond donors (Lipinski definition) is 0. The van der Waals surface area contributed by atoms with E-state index in [1.807, 2.05) is 6.07 Å². The summed E-state index contributed by atoms with van der Waals surface area (Å²) in [5.41, 5.74) is 1.65. The lowest BCUT2D eigenvalue weighted by Gasteiger charge is -2.20.